The lowest BCUT2D eigenvalue weighted by molar-refractivity contribution is 0.166. The normalized spacial score (nSPS) is 22.1. The third-order valence-corrected chi connectivity index (χ3v) is 5.27. The number of hydrogen-bond donors (Lipinski definition) is 3. The molecular weight excluding hydrogens is 382 g/mol. The van der Waals surface area contributed by atoms with Crippen molar-refractivity contribution in [1.29, 1.82) is 0 Å². The Bertz CT molecular complexity index is 1020. The van der Waals surface area contributed by atoms with Crippen molar-refractivity contribution in [3.8, 4) is 11.5 Å². The fourth-order valence-corrected chi connectivity index (χ4v) is 3.94. The maximum absolute atomic E-state index is 11.1. The van der Waals surface area contributed by atoms with E-state index in [1.165, 1.54) is 6.20 Å². The fourth-order valence-electron chi connectivity index (χ4n) is 3.76. The Morgan fingerprint density at radius 1 is 1.39 bits per heavy atom. The highest BCUT2D eigenvalue weighted by Gasteiger charge is 2.34. The summed E-state index contributed by atoms with van der Waals surface area (Å²) in [5.41, 5.74) is 0.713. The molecule has 28 heavy (non-hydrogen) atoms. The average molecular weight is 402 g/mol. The van der Waals surface area contributed by atoms with Gasteiger partial charge in [-0.05, 0) is 44.7 Å². The summed E-state index contributed by atoms with van der Waals surface area (Å²) in [6.07, 6.45) is 5.64. The molecule has 0 saturated heterocycles. The van der Waals surface area contributed by atoms with E-state index >= 15 is 0 Å². The van der Waals surface area contributed by atoms with E-state index in [0.717, 1.165) is 19.3 Å². The number of halogens is 1. The fraction of sp³-hybridized carbons (Fsp3) is 0.389. The number of aromatic nitrogens is 5. The van der Waals surface area contributed by atoms with Crippen LogP contribution in [-0.4, -0.2) is 47.3 Å². The quantitative estimate of drug-likeness (QED) is 0.614. The Kier molecular flexibility index (Phi) is 4.76. The van der Waals surface area contributed by atoms with Crippen LogP contribution in [0.1, 0.15) is 32.6 Å². The first kappa shape index (κ1) is 18.4. The van der Waals surface area contributed by atoms with Crippen LogP contribution in [0.3, 0.4) is 0 Å². The summed E-state index contributed by atoms with van der Waals surface area (Å²) in [5, 5.41) is 23.7. The first-order valence-electron chi connectivity index (χ1n) is 9.04. The SMILES string of the molecule is CC1(NC(=O)O)CCC[C@@H](Nc2ncc(Cl)c(-c3nnc4ccccn34)n2)C1. The van der Waals surface area contributed by atoms with Crippen molar-refractivity contribution in [2.24, 2.45) is 0 Å². The summed E-state index contributed by atoms with van der Waals surface area (Å²) < 4.78 is 1.81. The number of carboxylic acid groups (broad SMARTS) is 1. The van der Waals surface area contributed by atoms with Gasteiger partial charge in [-0.1, -0.05) is 17.7 Å². The minimum absolute atomic E-state index is 0.0507. The Labute approximate surface area is 166 Å². The molecule has 1 aliphatic rings. The van der Waals surface area contributed by atoms with Crippen LogP contribution in [0.5, 0.6) is 0 Å². The number of anilines is 1. The van der Waals surface area contributed by atoms with E-state index in [1.54, 1.807) is 0 Å². The molecule has 3 heterocycles. The number of carbonyl (C=O) groups is 1. The first-order valence-corrected chi connectivity index (χ1v) is 9.42. The van der Waals surface area contributed by atoms with E-state index in [4.69, 9.17) is 16.7 Å². The predicted molar refractivity (Wildman–Crippen MR) is 104 cm³/mol. The molecule has 1 saturated carbocycles. The van der Waals surface area contributed by atoms with Gasteiger partial charge in [-0.2, -0.15) is 0 Å². The predicted octanol–water partition coefficient (Wildman–Crippen LogP) is 3.22. The Morgan fingerprint density at radius 3 is 3.07 bits per heavy atom. The third-order valence-electron chi connectivity index (χ3n) is 4.99. The standard InChI is InChI=1S/C18H20ClN7O2/c1-18(23-17(27)28)7-4-5-11(9-18)21-16-20-10-12(19)14(22-16)15-25-24-13-6-2-3-8-26(13)15/h2-3,6,8,10-11,23H,4-5,7,9H2,1H3,(H,27,28)(H,20,21,22)/t11-,18?/m1/s1. The smallest absolute Gasteiger partial charge is 0.405 e. The molecule has 1 aliphatic carbocycles. The topological polar surface area (TPSA) is 117 Å². The van der Waals surface area contributed by atoms with Crippen molar-refractivity contribution in [3.05, 3.63) is 35.6 Å². The summed E-state index contributed by atoms with van der Waals surface area (Å²) in [6.45, 7) is 1.92. The van der Waals surface area contributed by atoms with E-state index in [9.17, 15) is 4.79 Å². The molecule has 4 rings (SSSR count). The van der Waals surface area contributed by atoms with Gasteiger partial charge in [0, 0.05) is 17.8 Å². The van der Waals surface area contributed by atoms with Crippen molar-refractivity contribution in [2.75, 3.05) is 5.32 Å². The van der Waals surface area contributed by atoms with Gasteiger partial charge < -0.3 is 15.7 Å². The number of nitrogens with one attached hydrogen (secondary N) is 2. The van der Waals surface area contributed by atoms with Crippen molar-refractivity contribution in [3.63, 3.8) is 0 Å². The van der Waals surface area contributed by atoms with Crippen molar-refractivity contribution < 1.29 is 9.90 Å². The number of nitrogens with zero attached hydrogens (tertiary/aromatic N) is 5. The van der Waals surface area contributed by atoms with Crippen molar-refractivity contribution in [1.82, 2.24) is 29.9 Å². The van der Waals surface area contributed by atoms with Crippen molar-refractivity contribution >= 4 is 29.3 Å². The molecule has 1 unspecified atom stereocenters. The largest absolute Gasteiger partial charge is 0.465 e. The number of pyridine rings is 1. The van der Waals surface area contributed by atoms with Gasteiger partial charge in [-0.25, -0.2) is 14.8 Å². The second kappa shape index (κ2) is 7.23. The van der Waals surface area contributed by atoms with E-state index in [2.05, 4.69) is 30.8 Å². The van der Waals surface area contributed by atoms with E-state index in [1.807, 2.05) is 35.7 Å². The molecular formula is C18H20ClN7O2. The number of hydrogen-bond acceptors (Lipinski definition) is 6. The van der Waals surface area contributed by atoms with Crippen LogP contribution >= 0.6 is 11.6 Å². The molecule has 146 valence electrons. The maximum Gasteiger partial charge on any atom is 0.405 e. The zero-order valence-electron chi connectivity index (χ0n) is 15.3. The number of fused-ring (bicyclic) bond motifs is 1. The second-order valence-corrected chi connectivity index (χ2v) is 7.68. The monoisotopic (exact) mass is 401 g/mol. The van der Waals surface area contributed by atoms with Gasteiger partial charge in [-0.15, -0.1) is 10.2 Å². The van der Waals surface area contributed by atoms with E-state index in [0.29, 0.717) is 34.6 Å². The average Bonchev–Trinajstić information content (AvgIpc) is 3.06. The zero-order chi connectivity index (χ0) is 19.7. The highest BCUT2D eigenvalue weighted by molar-refractivity contribution is 6.32. The molecule has 3 N–H and O–H groups in total. The summed E-state index contributed by atoms with van der Waals surface area (Å²) >= 11 is 6.32. The second-order valence-electron chi connectivity index (χ2n) is 7.27. The zero-order valence-corrected chi connectivity index (χ0v) is 16.0. The lowest BCUT2D eigenvalue weighted by Crippen LogP contribution is -2.51. The van der Waals surface area contributed by atoms with Gasteiger partial charge in [0.15, 0.2) is 11.5 Å². The Morgan fingerprint density at radius 2 is 2.25 bits per heavy atom. The molecule has 0 aromatic carbocycles. The molecule has 0 spiro atoms. The number of rotatable bonds is 4. The summed E-state index contributed by atoms with van der Waals surface area (Å²) in [7, 11) is 0. The van der Waals surface area contributed by atoms with Crippen LogP contribution in [0.25, 0.3) is 17.2 Å². The molecule has 10 heteroatoms. The molecule has 9 nitrogen and oxygen atoms in total. The molecule has 0 radical (unpaired) electrons. The molecule has 0 aliphatic heterocycles. The van der Waals surface area contributed by atoms with Gasteiger partial charge in [0.1, 0.15) is 5.69 Å². The molecule has 0 bridgehead atoms. The van der Waals surface area contributed by atoms with Gasteiger partial charge in [0.2, 0.25) is 5.95 Å². The molecule has 2 atom stereocenters. The number of amides is 1. The summed E-state index contributed by atoms with van der Waals surface area (Å²) in [5.74, 6) is 0.962. The first-order chi connectivity index (χ1) is 13.4. The van der Waals surface area contributed by atoms with Crippen LogP contribution in [0.2, 0.25) is 5.02 Å². The van der Waals surface area contributed by atoms with Crippen LogP contribution in [0.15, 0.2) is 30.6 Å². The van der Waals surface area contributed by atoms with E-state index in [-0.39, 0.29) is 6.04 Å². The third kappa shape index (κ3) is 3.70. The van der Waals surface area contributed by atoms with Gasteiger partial charge >= 0.3 is 6.09 Å². The van der Waals surface area contributed by atoms with Gasteiger partial charge in [0.25, 0.3) is 0 Å². The molecule has 3 aromatic rings. The molecule has 1 amide bonds. The lowest BCUT2D eigenvalue weighted by atomic mass is 9.80. The van der Waals surface area contributed by atoms with Crippen LogP contribution < -0.4 is 10.6 Å². The maximum atomic E-state index is 11.1. The Balaban J connectivity index is 1.58. The highest BCUT2D eigenvalue weighted by atomic mass is 35.5. The molecule has 3 aromatic heterocycles. The minimum Gasteiger partial charge on any atom is -0.465 e. The van der Waals surface area contributed by atoms with Crippen LogP contribution in [0, 0.1) is 0 Å². The van der Waals surface area contributed by atoms with Crippen LogP contribution in [0.4, 0.5) is 10.7 Å². The van der Waals surface area contributed by atoms with E-state index < -0.39 is 11.6 Å². The van der Waals surface area contributed by atoms with Gasteiger partial charge in [0.05, 0.1) is 11.2 Å². The Hall–Kier alpha value is -2.94. The van der Waals surface area contributed by atoms with Crippen molar-refractivity contribution in [2.45, 2.75) is 44.2 Å². The van der Waals surface area contributed by atoms with Gasteiger partial charge in [-0.3, -0.25) is 4.40 Å². The lowest BCUT2D eigenvalue weighted by Gasteiger charge is -2.38. The highest BCUT2D eigenvalue weighted by Crippen LogP contribution is 2.30. The summed E-state index contributed by atoms with van der Waals surface area (Å²) in [6, 6.07) is 5.66. The molecule has 1 fully saturated rings. The minimum atomic E-state index is -1.01. The summed E-state index contributed by atoms with van der Waals surface area (Å²) in [4.78, 5) is 19.9. The van der Waals surface area contributed by atoms with Crippen LogP contribution in [-0.2, 0) is 0 Å².